The summed E-state index contributed by atoms with van der Waals surface area (Å²) in [5, 5.41) is 3.78. The Labute approximate surface area is 85.7 Å². The normalized spacial score (nSPS) is 11.1. The summed E-state index contributed by atoms with van der Waals surface area (Å²) in [6, 6.07) is 0. The smallest absolute Gasteiger partial charge is 0.184 e. The summed E-state index contributed by atoms with van der Waals surface area (Å²) in [6.07, 6.45) is 1.76. The summed E-state index contributed by atoms with van der Waals surface area (Å²) in [7, 11) is 0. The van der Waals surface area contributed by atoms with Crippen LogP contribution in [-0.2, 0) is 0 Å². The van der Waals surface area contributed by atoms with Gasteiger partial charge in [-0.05, 0) is 5.92 Å². The van der Waals surface area contributed by atoms with Crippen LogP contribution >= 0.6 is 11.3 Å². The van der Waals surface area contributed by atoms with E-state index in [9.17, 15) is 0 Å². The Morgan fingerprint density at radius 1 is 1.50 bits per heavy atom. The Hall–Kier alpha value is -1.36. The predicted octanol–water partition coefficient (Wildman–Crippen LogP) is 2.50. The third kappa shape index (κ3) is 1.39. The average Bonchev–Trinajstić information content (AvgIpc) is 2.70. The maximum absolute atomic E-state index is 5.73. The predicted molar refractivity (Wildman–Crippen MR) is 56.1 cm³/mol. The molecule has 2 N–H and O–H groups in total. The molecule has 2 rings (SSSR count). The van der Waals surface area contributed by atoms with Crippen molar-refractivity contribution < 1.29 is 4.52 Å². The highest BCUT2D eigenvalue weighted by Crippen LogP contribution is 2.34. The molecule has 0 bridgehead atoms. The molecule has 0 aromatic carbocycles. The molecule has 0 unspecified atom stereocenters. The summed E-state index contributed by atoms with van der Waals surface area (Å²) in [5.41, 5.74) is 8.46. The molecule has 14 heavy (non-hydrogen) atoms. The molecule has 0 atom stereocenters. The summed E-state index contributed by atoms with van der Waals surface area (Å²) in [4.78, 5) is 4.97. The molecule has 0 fully saturated rings. The van der Waals surface area contributed by atoms with E-state index in [1.165, 1.54) is 11.3 Å². The molecule has 0 radical (unpaired) electrons. The number of anilines is 1. The van der Waals surface area contributed by atoms with Crippen LogP contribution in [0.5, 0.6) is 0 Å². The zero-order valence-electron chi connectivity index (χ0n) is 8.02. The first-order valence-corrected chi connectivity index (χ1v) is 5.22. The van der Waals surface area contributed by atoms with Gasteiger partial charge in [0.25, 0.3) is 0 Å². The van der Waals surface area contributed by atoms with Crippen LogP contribution in [0.4, 0.5) is 5.82 Å². The van der Waals surface area contributed by atoms with Crippen molar-refractivity contribution in [1.29, 1.82) is 0 Å². The number of aromatic nitrogens is 2. The fourth-order valence-corrected chi connectivity index (χ4v) is 1.98. The van der Waals surface area contributed by atoms with Crippen LogP contribution in [-0.4, -0.2) is 10.1 Å². The summed E-state index contributed by atoms with van der Waals surface area (Å²) in [6.45, 7) is 4.13. The molecule has 0 saturated heterocycles. The highest BCUT2D eigenvalue weighted by atomic mass is 32.1. The monoisotopic (exact) mass is 209 g/mol. The first kappa shape index (κ1) is 9.21. The molecule has 5 heteroatoms. The van der Waals surface area contributed by atoms with E-state index in [0.29, 0.717) is 11.7 Å². The third-order valence-corrected chi connectivity index (χ3v) is 2.76. The lowest BCUT2D eigenvalue weighted by molar-refractivity contribution is 0.435. The summed E-state index contributed by atoms with van der Waals surface area (Å²) in [5.74, 6) is 1.53. The maximum Gasteiger partial charge on any atom is 0.184 e. The van der Waals surface area contributed by atoms with Gasteiger partial charge in [0.05, 0.1) is 10.4 Å². The van der Waals surface area contributed by atoms with Gasteiger partial charge in [0.2, 0.25) is 0 Å². The first-order valence-electron chi connectivity index (χ1n) is 4.34. The molecule has 0 saturated carbocycles. The van der Waals surface area contributed by atoms with Crippen molar-refractivity contribution in [1.82, 2.24) is 10.1 Å². The van der Waals surface area contributed by atoms with Crippen LogP contribution in [0.15, 0.2) is 16.2 Å². The van der Waals surface area contributed by atoms with Crippen LogP contribution in [0.2, 0.25) is 0 Å². The molecular formula is C9H11N3OS. The molecule has 2 aromatic heterocycles. The first-order chi connectivity index (χ1) is 6.70. The van der Waals surface area contributed by atoms with Crippen molar-refractivity contribution in [3.8, 4) is 10.6 Å². The average molecular weight is 209 g/mol. The number of nitrogen functional groups attached to an aromatic ring is 1. The van der Waals surface area contributed by atoms with Gasteiger partial charge in [-0.2, -0.15) is 0 Å². The van der Waals surface area contributed by atoms with E-state index < -0.39 is 0 Å². The third-order valence-electron chi connectivity index (χ3n) is 1.99. The molecule has 0 aliphatic heterocycles. The van der Waals surface area contributed by atoms with Crippen LogP contribution in [0.1, 0.15) is 25.3 Å². The number of hydrogen-bond donors (Lipinski definition) is 1. The van der Waals surface area contributed by atoms with Gasteiger partial charge in [0.1, 0.15) is 0 Å². The van der Waals surface area contributed by atoms with Gasteiger partial charge in [0.15, 0.2) is 11.6 Å². The van der Waals surface area contributed by atoms with Gasteiger partial charge in [-0.25, -0.2) is 0 Å². The van der Waals surface area contributed by atoms with Crippen LogP contribution in [0, 0.1) is 0 Å². The lowest BCUT2D eigenvalue weighted by Crippen LogP contribution is -1.94. The molecule has 0 amide bonds. The minimum atomic E-state index is 0.304. The molecule has 74 valence electrons. The van der Waals surface area contributed by atoms with Crippen LogP contribution < -0.4 is 5.73 Å². The van der Waals surface area contributed by atoms with Crippen molar-refractivity contribution in [3.05, 3.63) is 17.3 Å². The Balaban J connectivity index is 2.54. The zero-order valence-corrected chi connectivity index (χ0v) is 8.84. The molecule has 0 aliphatic rings. The van der Waals surface area contributed by atoms with Crippen molar-refractivity contribution >= 4 is 17.2 Å². The van der Waals surface area contributed by atoms with E-state index in [1.54, 1.807) is 11.7 Å². The Bertz CT molecular complexity index is 419. The van der Waals surface area contributed by atoms with E-state index in [2.05, 4.69) is 24.0 Å². The molecular weight excluding hydrogens is 198 g/mol. The van der Waals surface area contributed by atoms with Crippen molar-refractivity contribution in [2.45, 2.75) is 19.8 Å². The van der Waals surface area contributed by atoms with Crippen molar-refractivity contribution in [2.24, 2.45) is 0 Å². The molecule has 0 aliphatic carbocycles. The van der Waals surface area contributed by atoms with Crippen molar-refractivity contribution in [2.75, 3.05) is 5.73 Å². The van der Waals surface area contributed by atoms with Gasteiger partial charge in [-0.15, -0.1) is 11.3 Å². The number of thiazole rings is 1. The fourth-order valence-electron chi connectivity index (χ4n) is 1.37. The quantitative estimate of drug-likeness (QED) is 0.825. The second-order valence-electron chi connectivity index (χ2n) is 3.33. The zero-order chi connectivity index (χ0) is 10.1. The fraction of sp³-hybridized carbons (Fsp3) is 0.333. The minimum absolute atomic E-state index is 0.304. The highest BCUT2D eigenvalue weighted by Gasteiger charge is 2.19. The van der Waals surface area contributed by atoms with Crippen molar-refractivity contribution in [3.63, 3.8) is 0 Å². The summed E-state index contributed by atoms with van der Waals surface area (Å²) < 4.78 is 5.20. The van der Waals surface area contributed by atoms with Crippen LogP contribution in [0.3, 0.4) is 0 Å². The number of nitrogens with zero attached hydrogens (tertiary/aromatic N) is 2. The second kappa shape index (κ2) is 3.42. The lowest BCUT2D eigenvalue weighted by atomic mass is 10.0. The van der Waals surface area contributed by atoms with E-state index >= 15 is 0 Å². The number of rotatable bonds is 2. The lowest BCUT2D eigenvalue weighted by Gasteiger charge is -2.02. The van der Waals surface area contributed by atoms with E-state index in [4.69, 9.17) is 10.3 Å². The van der Waals surface area contributed by atoms with Gasteiger partial charge >= 0.3 is 0 Å². The van der Waals surface area contributed by atoms with Gasteiger partial charge < -0.3 is 10.3 Å². The Kier molecular flexibility index (Phi) is 2.25. The van der Waals surface area contributed by atoms with Crippen LogP contribution in [0.25, 0.3) is 10.6 Å². The summed E-state index contributed by atoms with van der Waals surface area (Å²) >= 11 is 1.52. The highest BCUT2D eigenvalue weighted by molar-refractivity contribution is 7.13. The van der Waals surface area contributed by atoms with E-state index in [1.807, 2.05) is 0 Å². The molecule has 2 aromatic rings. The maximum atomic E-state index is 5.73. The molecule has 0 spiro atoms. The molecule has 4 nitrogen and oxygen atoms in total. The Morgan fingerprint density at radius 3 is 2.86 bits per heavy atom. The van der Waals surface area contributed by atoms with E-state index in [0.717, 1.165) is 16.2 Å². The topological polar surface area (TPSA) is 64.9 Å². The second-order valence-corrected chi connectivity index (χ2v) is 4.22. The molecule has 2 heterocycles. The van der Waals surface area contributed by atoms with E-state index in [-0.39, 0.29) is 0 Å². The van der Waals surface area contributed by atoms with Gasteiger partial charge in [0, 0.05) is 11.8 Å². The largest absolute Gasteiger partial charge is 0.381 e. The number of nitrogens with two attached hydrogens (primary N) is 1. The van der Waals surface area contributed by atoms with Gasteiger partial charge in [-0.3, -0.25) is 4.98 Å². The SMILES string of the molecule is CC(C)c1c(N)noc1-c1cncs1. The minimum Gasteiger partial charge on any atom is -0.381 e. The standard InChI is InChI=1S/C9H11N3OS/c1-5(2)7-8(13-12-9(7)10)6-3-11-4-14-6/h3-5H,1-2H3,(H2,10,12). The number of hydrogen-bond acceptors (Lipinski definition) is 5. The van der Waals surface area contributed by atoms with Gasteiger partial charge in [-0.1, -0.05) is 19.0 Å². The Morgan fingerprint density at radius 2 is 2.29 bits per heavy atom.